The third kappa shape index (κ3) is 4.13. The average molecular weight is 395 g/mol. The molecule has 0 aliphatic carbocycles. The summed E-state index contributed by atoms with van der Waals surface area (Å²) in [7, 11) is 0. The van der Waals surface area contributed by atoms with E-state index in [0.717, 1.165) is 16.9 Å². The predicted molar refractivity (Wildman–Crippen MR) is 111 cm³/mol. The van der Waals surface area contributed by atoms with Crippen LogP contribution in [0.2, 0.25) is 0 Å². The fraction of sp³-hybridized carbons (Fsp3) is 0.200. The minimum absolute atomic E-state index is 0.112. The fourth-order valence-corrected chi connectivity index (χ4v) is 4.11. The van der Waals surface area contributed by atoms with Gasteiger partial charge in [0.15, 0.2) is 5.13 Å². The van der Waals surface area contributed by atoms with Crippen molar-refractivity contribution in [2.75, 3.05) is 4.90 Å². The minimum Gasteiger partial charge on any atom is -0.274 e. The summed E-state index contributed by atoms with van der Waals surface area (Å²) in [5.41, 5.74) is 5.04. The van der Waals surface area contributed by atoms with Gasteiger partial charge in [-0.3, -0.25) is 9.69 Å². The fourth-order valence-electron chi connectivity index (χ4n) is 2.50. The quantitative estimate of drug-likeness (QED) is 0.565. The summed E-state index contributed by atoms with van der Waals surface area (Å²) in [5.74, 6) is -0.112. The van der Waals surface area contributed by atoms with Crippen LogP contribution in [-0.4, -0.2) is 15.9 Å². The summed E-state index contributed by atoms with van der Waals surface area (Å²) < 4.78 is 0. The molecule has 7 heteroatoms. The van der Waals surface area contributed by atoms with Crippen molar-refractivity contribution in [3.05, 3.63) is 56.5 Å². The highest BCUT2D eigenvalue weighted by molar-refractivity contribution is 7.14. The van der Waals surface area contributed by atoms with Crippen molar-refractivity contribution >= 4 is 51.0 Å². The summed E-state index contributed by atoms with van der Waals surface area (Å²) in [6.07, 6.45) is 1.71. The zero-order valence-corrected chi connectivity index (χ0v) is 17.1. The summed E-state index contributed by atoms with van der Waals surface area (Å²) in [4.78, 5) is 22.8. The summed E-state index contributed by atoms with van der Waals surface area (Å²) in [6, 6.07) is 8.07. The smallest absolute Gasteiger partial charge is 0.230 e. The molecule has 2 heterocycles. The maximum Gasteiger partial charge on any atom is 0.230 e. The number of nitriles is 1. The number of carbonyl (C=O) groups excluding carboxylic acids is 1. The Kier molecular flexibility index (Phi) is 5.49. The first kappa shape index (κ1) is 19.0. The Bertz CT molecular complexity index is 1070. The molecule has 0 aliphatic rings. The van der Waals surface area contributed by atoms with Gasteiger partial charge in [-0.15, -0.1) is 22.7 Å². The summed E-state index contributed by atoms with van der Waals surface area (Å²) in [6.45, 7) is 7.46. The van der Waals surface area contributed by atoms with Crippen LogP contribution in [0.5, 0.6) is 0 Å². The van der Waals surface area contributed by atoms with E-state index in [-0.39, 0.29) is 5.91 Å². The van der Waals surface area contributed by atoms with Crippen molar-refractivity contribution in [1.29, 1.82) is 5.26 Å². The standard InChI is InChI=1S/C20H18N4OS2/c1-12-5-6-18(7-13(12)2)24(15(4)25)20-23-17(11-27-20)8-16(9-21)19-22-14(3)10-26-19/h5-8,10-11H,1-4H3. The molecule has 2 aromatic heterocycles. The van der Waals surface area contributed by atoms with Gasteiger partial charge in [0.2, 0.25) is 5.91 Å². The Hall–Kier alpha value is -2.82. The van der Waals surface area contributed by atoms with Crippen LogP contribution >= 0.6 is 22.7 Å². The SMILES string of the molecule is CC(=O)N(c1ccc(C)c(C)c1)c1nc(C=C(C#N)c2nc(C)cs2)cs1. The van der Waals surface area contributed by atoms with Gasteiger partial charge in [0.25, 0.3) is 0 Å². The number of carbonyl (C=O) groups is 1. The molecule has 3 rings (SSSR count). The molecular formula is C20H18N4OS2. The van der Waals surface area contributed by atoms with Gasteiger partial charge in [0.1, 0.15) is 11.1 Å². The number of thiazole rings is 2. The lowest BCUT2D eigenvalue weighted by Crippen LogP contribution is -2.22. The zero-order chi connectivity index (χ0) is 19.6. The molecule has 0 N–H and O–H groups in total. The Morgan fingerprint density at radius 3 is 2.52 bits per heavy atom. The van der Waals surface area contributed by atoms with Crippen molar-refractivity contribution in [2.45, 2.75) is 27.7 Å². The van der Waals surface area contributed by atoms with Gasteiger partial charge in [0, 0.05) is 23.4 Å². The number of allylic oxidation sites excluding steroid dienone is 1. The van der Waals surface area contributed by atoms with E-state index in [9.17, 15) is 10.1 Å². The van der Waals surface area contributed by atoms with Crippen molar-refractivity contribution in [2.24, 2.45) is 0 Å². The second-order valence-corrected chi connectivity index (χ2v) is 7.84. The predicted octanol–water partition coefficient (Wildman–Crippen LogP) is 5.27. The average Bonchev–Trinajstić information content (AvgIpc) is 3.25. The number of nitrogens with zero attached hydrogens (tertiary/aromatic N) is 4. The Labute approximate surface area is 166 Å². The number of amides is 1. The van der Waals surface area contributed by atoms with Crippen LogP contribution in [0.3, 0.4) is 0 Å². The van der Waals surface area contributed by atoms with Crippen LogP contribution < -0.4 is 4.90 Å². The Morgan fingerprint density at radius 2 is 1.93 bits per heavy atom. The largest absolute Gasteiger partial charge is 0.274 e. The molecule has 0 atom stereocenters. The van der Waals surface area contributed by atoms with Gasteiger partial charge in [-0.2, -0.15) is 5.26 Å². The lowest BCUT2D eigenvalue weighted by molar-refractivity contribution is -0.115. The molecule has 27 heavy (non-hydrogen) atoms. The minimum atomic E-state index is -0.112. The number of rotatable bonds is 4. The van der Waals surface area contributed by atoms with E-state index in [1.165, 1.54) is 35.2 Å². The number of benzene rings is 1. The number of aromatic nitrogens is 2. The molecule has 136 valence electrons. The van der Waals surface area contributed by atoms with Crippen LogP contribution in [0.25, 0.3) is 11.6 Å². The highest BCUT2D eigenvalue weighted by Crippen LogP contribution is 2.31. The van der Waals surface area contributed by atoms with Crippen LogP contribution in [0.4, 0.5) is 10.8 Å². The van der Waals surface area contributed by atoms with Gasteiger partial charge in [0.05, 0.1) is 17.0 Å². The molecule has 0 aliphatic heterocycles. The number of anilines is 2. The molecule has 0 saturated heterocycles. The van der Waals surface area contributed by atoms with E-state index >= 15 is 0 Å². The monoisotopic (exact) mass is 394 g/mol. The first-order valence-corrected chi connectivity index (χ1v) is 10.0. The highest BCUT2D eigenvalue weighted by atomic mass is 32.1. The molecule has 0 spiro atoms. The van der Waals surface area contributed by atoms with E-state index in [0.29, 0.717) is 21.4 Å². The lowest BCUT2D eigenvalue weighted by Gasteiger charge is -2.19. The normalized spacial score (nSPS) is 11.3. The van der Waals surface area contributed by atoms with Crippen molar-refractivity contribution < 1.29 is 4.79 Å². The van der Waals surface area contributed by atoms with Crippen LogP contribution in [-0.2, 0) is 4.79 Å². The first-order chi connectivity index (χ1) is 12.9. The van der Waals surface area contributed by atoms with E-state index in [2.05, 4.69) is 16.0 Å². The van der Waals surface area contributed by atoms with Crippen molar-refractivity contribution in [1.82, 2.24) is 9.97 Å². The lowest BCUT2D eigenvalue weighted by atomic mass is 10.1. The van der Waals surface area contributed by atoms with Crippen LogP contribution in [0.1, 0.15) is 34.4 Å². The molecule has 1 aromatic carbocycles. The molecule has 0 fully saturated rings. The number of hydrogen-bond acceptors (Lipinski definition) is 6. The summed E-state index contributed by atoms with van der Waals surface area (Å²) in [5, 5.41) is 14.4. The summed E-state index contributed by atoms with van der Waals surface area (Å²) >= 11 is 2.80. The second-order valence-electron chi connectivity index (χ2n) is 6.14. The molecule has 5 nitrogen and oxygen atoms in total. The van der Waals surface area contributed by atoms with Gasteiger partial charge in [-0.25, -0.2) is 9.97 Å². The molecule has 0 radical (unpaired) electrons. The molecule has 0 bridgehead atoms. The van der Waals surface area contributed by atoms with Gasteiger partial charge in [-0.05, 0) is 50.1 Å². The number of hydrogen-bond donors (Lipinski definition) is 0. The van der Waals surface area contributed by atoms with E-state index in [4.69, 9.17) is 0 Å². The zero-order valence-electron chi connectivity index (χ0n) is 15.5. The molecule has 3 aromatic rings. The van der Waals surface area contributed by atoms with Crippen molar-refractivity contribution in [3.8, 4) is 6.07 Å². The van der Waals surface area contributed by atoms with E-state index < -0.39 is 0 Å². The second kappa shape index (κ2) is 7.82. The maximum absolute atomic E-state index is 12.3. The van der Waals surface area contributed by atoms with Gasteiger partial charge in [-0.1, -0.05) is 6.07 Å². The third-order valence-corrected chi connectivity index (χ3v) is 5.86. The molecule has 0 unspecified atom stereocenters. The number of aryl methyl sites for hydroxylation is 3. The maximum atomic E-state index is 12.3. The highest BCUT2D eigenvalue weighted by Gasteiger charge is 2.18. The first-order valence-electron chi connectivity index (χ1n) is 8.27. The topological polar surface area (TPSA) is 69.9 Å². The molecule has 0 saturated carbocycles. The van der Waals surface area contributed by atoms with Crippen LogP contribution in [0, 0.1) is 32.1 Å². The van der Waals surface area contributed by atoms with E-state index in [1.807, 2.05) is 49.7 Å². The van der Waals surface area contributed by atoms with Crippen LogP contribution in [0.15, 0.2) is 29.0 Å². The van der Waals surface area contributed by atoms with Crippen molar-refractivity contribution in [3.63, 3.8) is 0 Å². The third-order valence-electron chi connectivity index (χ3n) is 4.03. The molecule has 1 amide bonds. The van der Waals surface area contributed by atoms with Gasteiger partial charge >= 0.3 is 0 Å². The Morgan fingerprint density at radius 1 is 1.15 bits per heavy atom. The van der Waals surface area contributed by atoms with E-state index in [1.54, 1.807) is 11.0 Å². The Balaban J connectivity index is 1.97. The molecular weight excluding hydrogens is 376 g/mol. The van der Waals surface area contributed by atoms with Gasteiger partial charge < -0.3 is 0 Å².